The van der Waals surface area contributed by atoms with E-state index >= 15 is 0 Å². The highest BCUT2D eigenvalue weighted by molar-refractivity contribution is 5.97. The summed E-state index contributed by atoms with van der Waals surface area (Å²) in [5, 5.41) is 0. The smallest absolute Gasteiger partial charge is 0.227 e. The molecule has 0 spiro atoms. The summed E-state index contributed by atoms with van der Waals surface area (Å²) in [5.74, 6) is 0.405. The van der Waals surface area contributed by atoms with Crippen LogP contribution in [0.2, 0.25) is 0 Å². The molecule has 0 atom stereocenters. The number of carbonyl (C=O) groups excluding carboxylic acids is 2. The maximum atomic E-state index is 12.5. The Hall–Kier alpha value is -1.84. The van der Waals surface area contributed by atoms with Gasteiger partial charge in [-0.2, -0.15) is 0 Å². The van der Waals surface area contributed by atoms with Crippen LogP contribution >= 0.6 is 0 Å². The van der Waals surface area contributed by atoms with Crippen LogP contribution in [0.3, 0.4) is 0 Å². The van der Waals surface area contributed by atoms with E-state index in [4.69, 9.17) is 0 Å². The highest BCUT2D eigenvalue weighted by Crippen LogP contribution is 2.40. The molecule has 23 heavy (non-hydrogen) atoms. The second-order valence-electron chi connectivity index (χ2n) is 7.31. The van der Waals surface area contributed by atoms with Gasteiger partial charge in [-0.1, -0.05) is 32.0 Å². The summed E-state index contributed by atoms with van der Waals surface area (Å²) in [7, 11) is 0. The van der Waals surface area contributed by atoms with Gasteiger partial charge in [0.1, 0.15) is 0 Å². The Morgan fingerprint density at radius 2 is 1.87 bits per heavy atom. The molecule has 2 aliphatic heterocycles. The van der Waals surface area contributed by atoms with Crippen LogP contribution in [0.1, 0.15) is 51.5 Å². The van der Waals surface area contributed by atoms with Crippen LogP contribution in [0.25, 0.3) is 0 Å². The molecule has 0 bridgehead atoms. The summed E-state index contributed by atoms with van der Waals surface area (Å²) in [6, 6.07) is 8.15. The maximum absolute atomic E-state index is 12.5. The Balaban J connectivity index is 1.65. The van der Waals surface area contributed by atoms with Crippen LogP contribution in [0.5, 0.6) is 0 Å². The zero-order valence-corrected chi connectivity index (χ0v) is 14.2. The van der Waals surface area contributed by atoms with Crippen LogP contribution < -0.4 is 4.90 Å². The van der Waals surface area contributed by atoms with E-state index in [-0.39, 0.29) is 17.2 Å². The minimum Gasteiger partial charge on any atom is -0.343 e. The van der Waals surface area contributed by atoms with Crippen molar-refractivity contribution in [3.8, 4) is 0 Å². The number of rotatable bonds is 4. The number of carbonyl (C=O) groups is 2. The molecule has 1 aromatic rings. The highest BCUT2D eigenvalue weighted by atomic mass is 16.2. The molecule has 0 aliphatic carbocycles. The van der Waals surface area contributed by atoms with Crippen LogP contribution in [0, 0.1) is 0 Å². The third-order valence-electron chi connectivity index (χ3n) is 5.05. The average molecular weight is 314 g/mol. The van der Waals surface area contributed by atoms with Crippen molar-refractivity contribution in [3.63, 3.8) is 0 Å². The molecule has 0 aromatic heterocycles. The molecule has 2 aliphatic rings. The normalized spacial score (nSPS) is 19.8. The molecule has 4 heteroatoms. The van der Waals surface area contributed by atoms with E-state index < -0.39 is 0 Å². The van der Waals surface area contributed by atoms with Gasteiger partial charge in [0.15, 0.2) is 0 Å². The Morgan fingerprint density at radius 1 is 1.17 bits per heavy atom. The van der Waals surface area contributed by atoms with Gasteiger partial charge < -0.3 is 9.80 Å². The number of anilines is 1. The molecule has 0 N–H and O–H groups in total. The fourth-order valence-corrected chi connectivity index (χ4v) is 3.74. The third-order valence-corrected chi connectivity index (χ3v) is 5.05. The Labute approximate surface area is 138 Å². The first-order valence-electron chi connectivity index (χ1n) is 8.67. The lowest BCUT2D eigenvalue weighted by atomic mass is 9.77. The summed E-state index contributed by atoms with van der Waals surface area (Å²) in [6.07, 6.45) is 4.05. The van der Waals surface area contributed by atoms with Crippen molar-refractivity contribution in [1.29, 1.82) is 0 Å². The lowest BCUT2D eigenvalue weighted by Gasteiger charge is -2.38. The van der Waals surface area contributed by atoms with Gasteiger partial charge in [0, 0.05) is 43.6 Å². The number of nitrogens with zero attached hydrogens (tertiary/aromatic N) is 2. The number of benzene rings is 1. The van der Waals surface area contributed by atoms with Gasteiger partial charge >= 0.3 is 0 Å². The summed E-state index contributed by atoms with van der Waals surface area (Å²) < 4.78 is 0. The van der Waals surface area contributed by atoms with Gasteiger partial charge in [-0.15, -0.1) is 0 Å². The first-order valence-corrected chi connectivity index (χ1v) is 8.67. The molecular formula is C19H26N2O2. The minimum absolute atomic E-state index is 0.116. The molecule has 2 heterocycles. The van der Waals surface area contributed by atoms with Crippen molar-refractivity contribution in [1.82, 2.24) is 4.90 Å². The van der Waals surface area contributed by atoms with Crippen molar-refractivity contribution in [2.24, 2.45) is 0 Å². The number of hydrogen-bond acceptors (Lipinski definition) is 2. The van der Waals surface area contributed by atoms with E-state index in [1.807, 2.05) is 28.0 Å². The molecule has 124 valence electrons. The van der Waals surface area contributed by atoms with E-state index in [1.165, 1.54) is 5.56 Å². The summed E-state index contributed by atoms with van der Waals surface area (Å²) in [4.78, 5) is 28.5. The Bertz CT molecular complexity index is 603. The van der Waals surface area contributed by atoms with Crippen molar-refractivity contribution in [3.05, 3.63) is 29.8 Å². The molecular weight excluding hydrogens is 288 g/mol. The first-order chi connectivity index (χ1) is 11.0. The zero-order chi connectivity index (χ0) is 16.4. The highest BCUT2D eigenvalue weighted by Gasteiger charge is 2.36. The van der Waals surface area contributed by atoms with Crippen LogP contribution in [0.15, 0.2) is 24.3 Å². The van der Waals surface area contributed by atoms with Crippen molar-refractivity contribution in [2.45, 2.75) is 51.4 Å². The number of fused-ring (bicyclic) bond motifs is 1. The van der Waals surface area contributed by atoms with Crippen molar-refractivity contribution in [2.75, 3.05) is 24.5 Å². The SMILES string of the molecule is CC1(C)CC(=O)N(CCCC(=O)N2CCCC2)c2ccccc21. The molecule has 0 unspecified atom stereocenters. The van der Waals surface area contributed by atoms with Crippen LogP contribution in [-0.4, -0.2) is 36.3 Å². The standard InChI is InChI=1S/C19H26N2O2/c1-19(2)14-18(23)21(16-9-4-3-8-15(16)19)13-7-10-17(22)20-11-5-6-12-20/h3-4,8-9H,5-7,10-14H2,1-2H3. The minimum atomic E-state index is -0.116. The van der Waals surface area contributed by atoms with E-state index in [0.29, 0.717) is 19.4 Å². The Morgan fingerprint density at radius 3 is 2.61 bits per heavy atom. The number of amides is 2. The molecule has 1 fully saturated rings. The summed E-state index contributed by atoms with van der Waals surface area (Å²) in [5.41, 5.74) is 2.13. The predicted molar refractivity (Wildman–Crippen MR) is 91.5 cm³/mol. The second kappa shape index (κ2) is 6.34. The van der Waals surface area contributed by atoms with Gasteiger partial charge in [-0.05, 0) is 30.9 Å². The molecule has 1 aromatic carbocycles. The Kier molecular flexibility index (Phi) is 4.42. The van der Waals surface area contributed by atoms with E-state index in [0.717, 1.165) is 38.0 Å². The molecule has 1 saturated heterocycles. The van der Waals surface area contributed by atoms with Gasteiger partial charge in [-0.25, -0.2) is 0 Å². The number of para-hydroxylation sites is 1. The van der Waals surface area contributed by atoms with E-state index in [9.17, 15) is 9.59 Å². The fourth-order valence-electron chi connectivity index (χ4n) is 3.74. The van der Waals surface area contributed by atoms with Gasteiger partial charge in [0.05, 0.1) is 0 Å². The van der Waals surface area contributed by atoms with Gasteiger partial charge in [0.2, 0.25) is 11.8 Å². The lowest BCUT2D eigenvalue weighted by molar-refractivity contribution is -0.130. The van der Waals surface area contributed by atoms with Crippen LogP contribution in [-0.2, 0) is 15.0 Å². The third kappa shape index (κ3) is 3.26. The molecule has 2 amide bonds. The predicted octanol–water partition coefficient (Wildman–Crippen LogP) is 3.10. The average Bonchev–Trinajstić information content (AvgIpc) is 3.04. The first kappa shape index (κ1) is 16.0. The lowest BCUT2D eigenvalue weighted by Crippen LogP contribution is -2.42. The fraction of sp³-hybridized carbons (Fsp3) is 0.579. The molecule has 0 radical (unpaired) electrons. The molecule has 0 saturated carbocycles. The monoisotopic (exact) mass is 314 g/mol. The second-order valence-corrected chi connectivity index (χ2v) is 7.31. The van der Waals surface area contributed by atoms with Crippen molar-refractivity contribution >= 4 is 17.5 Å². The molecule has 3 rings (SSSR count). The maximum Gasteiger partial charge on any atom is 0.227 e. The van der Waals surface area contributed by atoms with Gasteiger partial charge in [-0.3, -0.25) is 9.59 Å². The van der Waals surface area contributed by atoms with E-state index in [2.05, 4.69) is 19.9 Å². The summed E-state index contributed by atoms with van der Waals surface area (Å²) >= 11 is 0. The summed E-state index contributed by atoms with van der Waals surface area (Å²) in [6.45, 7) is 6.68. The molecule has 4 nitrogen and oxygen atoms in total. The van der Waals surface area contributed by atoms with Gasteiger partial charge in [0.25, 0.3) is 0 Å². The largest absolute Gasteiger partial charge is 0.343 e. The topological polar surface area (TPSA) is 40.6 Å². The number of hydrogen-bond donors (Lipinski definition) is 0. The van der Waals surface area contributed by atoms with Crippen LogP contribution in [0.4, 0.5) is 5.69 Å². The zero-order valence-electron chi connectivity index (χ0n) is 14.2. The number of likely N-dealkylation sites (tertiary alicyclic amines) is 1. The van der Waals surface area contributed by atoms with E-state index in [1.54, 1.807) is 0 Å². The quantitative estimate of drug-likeness (QED) is 0.857. The van der Waals surface area contributed by atoms with Crippen molar-refractivity contribution < 1.29 is 9.59 Å².